The van der Waals surface area contributed by atoms with Gasteiger partial charge in [0, 0.05) is 13.1 Å². The lowest BCUT2D eigenvalue weighted by Gasteiger charge is -2.34. The molecule has 0 saturated carbocycles. The van der Waals surface area contributed by atoms with Crippen molar-refractivity contribution >= 4 is 21.6 Å². The fraction of sp³-hybridized carbons (Fsp3) is 0.611. The van der Waals surface area contributed by atoms with Gasteiger partial charge in [-0.2, -0.15) is 0 Å². The molecule has 0 aromatic heterocycles. The number of likely N-dealkylation sites (tertiary alicyclic amines) is 1. The monoisotopic (exact) mass is 352 g/mol. The van der Waals surface area contributed by atoms with Crippen LogP contribution in [0.3, 0.4) is 0 Å². The molecule has 1 saturated heterocycles. The van der Waals surface area contributed by atoms with Crippen LogP contribution in [0.25, 0.3) is 0 Å². The zero-order valence-corrected chi connectivity index (χ0v) is 15.7. The Kier molecular flexibility index (Phi) is 6.27. The van der Waals surface area contributed by atoms with Crippen LogP contribution in [0.2, 0.25) is 0 Å². The van der Waals surface area contributed by atoms with Gasteiger partial charge >= 0.3 is 0 Å². The van der Waals surface area contributed by atoms with Crippen molar-refractivity contribution in [2.24, 2.45) is 0 Å². The number of aryl methyl sites for hydroxylation is 1. The summed E-state index contributed by atoms with van der Waals surface area (Å²) in [7, 11) is -3.55. The third-order valence-corrected chi connectivity index (χ3v) is 5.70. The molecule has 1 aromatic rings. The first-order valence-electron chi connectivity index (χ1n) is 8.69. The molecule has 1 amide bonds. The molecule has 0 spiro atoms. The highest BCUT2D eigenvalue weighted by Gasteiger charge is 2.34. The lowest BCUT2D eigenvalue weighted by atomic mass is 10.1. The first kappa shape index (κ1) is 18.8. The fourth-order valence-corrected chi connectivity index (χ4v) is 4.44. The third-order valence-electron chi connectivity index (χ3n) is 4.52. The highest BCUT2D eigenvalue weighted by atomic mass is 32.2. The molecule has 0 aliphatic carbocycles. The van der Waals surface area contributed by atoms with Gasteiger partial charge in [0.25, 0.3) is 0 Å². The molecule has 1 atom stereocenters. The number of carbonyl (C=O) groups excluding carboxylic acids is 1. The van der Waals surface area contributed by atoms with E-state index >= 15 is 0 Å². The highest BCUT2D eigenvalue weighted by Crippen LogP contribution is 2.24. The number of benzene rings is 1. The summed E-state index contributed by atoms with van der Waals surface area (Å²) in [5.74, 6) is -0.0783. The third kappa shape index (κ3) is 4.50. The minimum atomic E-state index is -3.55. The summed E-state index contributed by atoms with van der Waals surface area (Å²) in [6, 6.07) is 6.61. The van der Waals surface area contributed by atoms with E-state index in [9.17, 15) is 13.2 Å². The summed E-state index contributed by atoms with van der Waals surface area (Å²) in [6.45, 7) is 5.27. The number of nitrogens with zero attached hydrogens (tertiary/aromatic N) is 2. The zero-order valence-electron chi connectivity index (χ0n) is 14.9. The number of rotatable bonds is 5. The van der Waals surface area contributed by atoms with Gasteiger partial charge in [0.05, 0.1) is 11.9 Å². The molecule has 1 aliphatic heterocycles. The average Bonchev–Trinajstić information content (AvgIpc) is 2.81. The van der Waals surface area contributed by atoms with Crippen LogP contribution < -0.4 is 4.31 Å². The van der Waals surface area contributed by atoms with Crippen molar-refractivity contribution in [3.8, 4) is 0 Å². The average molecular weight is 353 g/mol. The Labute approximate surface area is 145 Å². The number of hydrogen-bond donors (Lipinski definition) is 0. The zero-order chi connectivity index (χ0) is 17.7. The Morgan fingerprint density at radius 1 is 1.12 bits per heavy atom. The summed E-state index contributed by atoms with van der Waals surface area (Å²) >= 11 is 0. The van der Waals surface area contributed by atoms with E-state index in [0.717, 1.165) is 44.3 Å². The van der Waals surface area contributed by atoms with Crippen LogP contribution in [0.1, 0.15) is 44.6 Å². The van der Waals surface area contributed by atoms with E-state index in [2.05, 4.69) is 0 Å². The molecule has 1 aromatic carbocycles. The van der Waals surface area contributed by atoms with Gasteiger partial charge in [-0.1, -0.05) is 37.5 Å². The van der Waals surface area contributed by atoms with Crippen molar-refractivity contribution < 1.29 is 13.2 Å². The minimum Gasteiger partial charge on any atom is -0.341 e. The first-order valence-corrected chi connectivity index (χ1v) is 10.5. The SMILES string of the molecule is CC[C@H](C(=O)N1CCCCCC1)N(c1ccc(C)cc1)S(C)(=O)=O. The van der Waals surface area contributed by atoms with E-state index < -0.39 is 16.1 Å². The number of hydrogen-bond acceptors (Lipinski definition) is 3. The summed E-state index contributed by atoms with van der Waals surface area (Å²) < 4.78 is 26.1. The van der Waals surface area contributed by atoms with E-state index in [4.69, 9.17) is 0 Å². The van der Waals surface area contributed by atoms with Crippen molar-refractivity contribution in [2.45, 2.75) is 52.0 Å². The Bertz CT molecular complexity index is 647. The van der Waals surface area contributed by atoms with Gasteiger partial charge in [0.15, 0.2) is 0 Å². The van der Waals surface area contributed by atoms with E-state index in [1.54, 1.807) is 12.1 Å². The molecule has 0 N–H and O–H groups in total. The normalized spacial score (nSPS) is 17.2. The number of sulfonamides is 1. The predicted molar refractivity (Wildman–Crippen MR) is 97.6 cm³/mol. The van der Waals surface area contributed by atoms with Gasteiger partial charge in [-0.05, 0) is 38.3 Å². The molecule has 0 radical (unpaired) electrons. The van der Waals surface area contributed by atoms with Gasteiger partial charge in [0.1, 0.15) is 6.04 Å². The van der Waals surface area contributed by atoms with Gasteiger partial charge in [0.2, 0.25) is 15.9 Å². The Hall–Kier alpha value is -1.56. The van der Waals surface area contributed by atoms with Crippen molar-refractivity contribution in [3.05, 3.63) is 29.8 Å². The molecule has 0 bridgehead atoms. The Morgan fingerprint density at radius 3 is 2.12 bits per heavy atom. The van der Waals surface area contributed by atoms with Crippen LogP contribution in [0.4, 0.5) is 5.69 Å². The second-order valence-corrected chi connectivity index (χ2v) is 8.42. The largest absolute Gasteiger partial charge is 0.341 e. The van der Waals surface area contributed by atoms with Crippen molar-refractivity contribution in [1.29, 1.82) is 0 Å². The standard InChI is InChI=1S/C18H28N2O3S/c1-4-17(18(21)19-13-7-5-6-8-14-19)20(24(3,22)23)16-11-9-15(2)10-12-16/h9-12,17H,4-8,13-14H2,1-3H3/t17-/m1/s1. The fourth-order valence-electron chi connectivity index (χ4n) is 3.24. The van der Waals surface area contributed by atoms with Crippen LogP contribution in [0.5, 0.6) is 0 Å². The topological polar surface area (TPSA) is 57.7 Å². The lowest BCUT2D eigenvalue weighted by molar-refractivity contribution is -0.132. The maximum absolute atomic E-state index is 13.0. The second-order valence-electron chi connectivity index (χ2n) is 6.56. The molecule has 24 heavy (non-hydrogen) atoms. The molecular formula is C18H28N2O3S. The molecule has 1 aliphatic rings. The molecule has 2 rings (SSSR count). The van der Waals surface area contributed by atoms with E-state index in [1.165, 1.54) is 10.6 Å². The Morgan fingerprint density at radius 2 is 1.67 bits per heavy atom. The number of amides is 1. The van der Waals surface area contributed by atoms with Crippen LogP contribution in [0.15, 0.2) is 24.3 Å². The smallest absolute Gasteiger partial charge is 0.246 e. The Balaban J connectivity index is 2.34. The van der Waals surface area contributed by atoms with Gasteiger partial charge in [-0.15, -0.1) is 0 Å². The van der Waals surface area contributed by atoms with E-state index in [1.807, 2.05) is 30.9 Å². The van der Waals surface area contributed by atoms with E-state index in [0.29, 0.717) is 12.1 Å². The summed E-state index contributed by atoms with van der Waals surface area (Å²) in [5.41, 5.74) is 1.61. The van der Waals surface area contributed by atoms with Crippen LogP contribution in [-0.2, 0) is 14.8 Å². The van der Waals surface area contributed by atoms with Crippen LogP contribution in [-0.4, -0.2) is 44.6 Å². The predicted octanol–water partition coefficient (Wildman–Crippen LogP) is 2.94. The maximum atomic E-state index is 13.0. The molecule has 6 heteroatoms. The lowest BCUT2D eigenvalue weighted by Crippen LogP contribution is -2.51. The van der Waals surface area contributed by atoms with Crippen molar-refractivity contribution in [3.63, 3.8) is 0 Å². The summed E-state index contributed by atoms with van der Waals surface area (Å²) in [4.78, 5) is 14.9. The molecular weight excluding hydrogens is 324 g/mol. The second kappa shape index (κ2) is 8.01. The van der Waals surface area contributed by atoms with Crippen molar-refractivity contribution in [2.75, 3.05) is 23.7 Å². The van der Waals surface area contributed by atoms with Gasteiger partial charge in [-0.25, -0.2) is 8.42 Å². The van der Waals surface area contributed by atoms with Crippen LogP contribution >= 0.6 is 0 Å². The minimum absolute atomic E-state index is 0.0783. The quantitative estimate of drug-likeness (QED) is 0.819. The first-order chi connectivity index (χ1) is 11.3. The molecule has 0 unspecified atom stereocenters. The summed E-state index contributed by atoms with van der Waals surface area (Å²) in [6.07, 6.45) is 5.88. The van der Waals surface area contributed by atoms with Gasteiger partial charge in [-0.3, -0.25) is 9.10 Å². The molecule has 1 heterocycles. The van der Waals surface area contributed by atoms with Gasteiger partial charge < -0.3 is 4.90 Å². The highest BCUT2D eigenvalue weighted by molar-refractivity contribution is 7.92. The number of carbonyl (C=O) groups is 1. The maximum Gasteiger partial charge on any atom is 0.246 e. The van der Waals surface area contributed by atoms with Crippen molar-refractivity contribution in [1.82, 2.24) is 4.90 Å². The number of anilines is 1. The van der Waals surface area contributed by atoms with E-state index in [-0.39, 0.29) is 5.91 Å². The molecule has 5 nitrogen and oxygen atoms in total. The summed E-state index contributed by atoms with van der Waals surface area (Å²) in [5, 5.41) is 0. The molecule has 134 valence electrons. The molecule has 1 fully saturated rings. The van der Waals surface area contributed by atoms with Crippen LogP contribution in [0, 0.1) is 6.92 Å².